The summed E-state index contributed by atoms with van der Waals surface area (Å²) in [5, 5.41) is 14.2. The van der Waals surface area contributed by atoms with Crippen molar-refractivity contribution in [3.8, 4) is 0 Å². The van der Waals surface area contributed by atoms with Crippen molar-refractivity contribution < 1.29 is 14.7 Å². The highest BCUT2D eigenvalue weighted by Gasteiger charge is 2.11. The first-order valence-electron chi connectivity index (χ1n) is 5.03. The van der Waals surface area contributed by atoms with Gasteiger partial charge in [-0.3, -0.25) is 4.79 Å². The van der Waals surface area contributed by atoms with Crippen molar-refractivity contribution in [1.82, 2.24) is 5.32 Å². The third-order valence-electron chi connectivity index (χ3n) is 2.35. The molecule has 0 unspecified atom stereocenters. The molecule has 6 nitrogen and oxygen atoms in total. The fourth-order valence-electron chi connectivity index (χ4n) is 1.35. The summed E-state index contributed by atoms with van der Waals surface area (Å²) in [4.78, 5) is 22.0. The Hall–Kier alpha value is -2.24. The molecule has 0 aliphatic carbocycles. The lowest BCUT2D eigenvalue weighted by Crippen LogP contribution is -2.26. The molecule has 0 fully saturated rings. The van der Waals surface area contributed by atoms with E-state index < -0.39 is 5.97 Å². The maximum absolute atomic E-state index is 11.0. The summed E-state index contributed by atoms with van der Waals surface area (Å²) in [7, 11) is 1.53. The van der Waals surface area contributed by atoms with Gasteiger partial charge < -0.3 is 21.5 Å². The molecule has 0 aliphatic heterocycles. The summed E-state index contributed by atoms with van der Waals surface area (Å²) in [6.07, 6.45) is 0. The van der Waals surface area contributed by atoms with Crippen LogP contribution in [-0.4, -0.2) is 30.6 Å². The first-order chi connectivity index (χ1) is 7.95. The van der Waals surface area contributed by atoms with E-state index in [0.29, 0.717) is 11.3 Å². The van der Waals surface area contributed by atoms with Crippen molar-refractivity contribution in [1.29, 1.82) is 0 Å². The molecule has 0 aliphatic rings. The zero-order valence-electron chi connectivity index (χ0n) is 9.70. The van der Waals surface area contributed by atoms with Crippen LogP contribution in [0.1, 0.15) is 15.9 Å². The molecule has 0 saturated carbocycles. The molecule has 1 amide bonds. The van der Waals surface area contributed by atoms with E-state index in [0.717, 1.165) is 0 Å². The first kappa shape index (κ1) is 12.8. The zero-order valence-corrected chi connectivity index (χ0v) is 9.70. The largest absolute Gasteiger partial charge is 0.478 e. The number of benzene rings is 1. The van der Waals surface area contributed by atoms with Gasteiger partial charge in [0.15, 0.2) is 0 Å². The number of hydrogen-bond donors (Lipinski definition) is 4. The van der Waals surface area contributed by atoms with Gasteiger partial charge in [0, 0.05) is 18.4 Å². The second kappa shape index (κ2) is 5.20. The maximum atomic E-state index is 11.0. The van der Waals surface area contributed by atoms with Gasteiger partial charge in [-0.25, -0.2) is 4.79 Å². The molecular formula is C11H15N3O3. The zero-order chi connectivity index (χ0) is 13.0. The van der Waals surface area contributed by atoms with Crippen molar-refractivity contribution in [2.45, 2.75) is 6.92 Å². The van der Waals surface area contributed by atoms with E-state index in [1.165, 1.54) is 13.1 Å². The van der Waals surface area contributed by atoms with Crippen molar-refractivity contribution in [3.63, 3.8) is 0 Å². The number of carboxylic acids is 1. The molecule has 1 aromatic rings. The number of carbonyl (C=O) groups excluding carboxylic acids is 1. The second-order valence-electron chi connectivity index (χ2n) is 3.59. The number of nitrogens with two attached hydrogens (primary N) is 1. The highest BCUT2D eigenvalue weighted by molar-refractivity contribution is 5.96. The Morgan fingerprint density at radius 1 is 1.41 bits per heavy atom. The molecule has 0 heterocycles. The summed E-state index contributed by atoms with van der Waals surface area (Å²) in [5.74, 6) is -1.27. The highest BCUT2D eigenvalue weighted by Crippen LogP contribution is 2.22. The Labute approximate surface area is 98.8 Å². The normalized spacial score (nSPS) is 9.76. The topological polar surface area (TPSA) is 104 Å². The fourth-order valence-corrected chi connectivity index (χ4v) is 1.35. The van der Waals surface area contributed by atoms with Gasteiger partial charge in [-0.1, -0.05) is 0 Å². The van der Waals surface area contributed by atoms with Gasteiger partial charge in [0.25, 0.3) is 0 Å². The summed E-state index contributed by atoms with van der Waals surface area (Å²) in [6.45, 7) is 1.80. The lowest BCUT2D eigenvalue weighted by atomic mass is 10.1. The summed E-state index contributed by atoms with van der Waals surface area (Å²) in [5.41, 5.74) is 7.13. The molecule has 0 aromatic heterocycles. The number of nitrogen functional groups attached to an aromatic ring is 1. The molecule has 6 heteroatoms. The molecule has 1 aromatic carbocycles. The van der Waals surface area contributed by atoms with Crippen LogP contribution in [0.25, 0.3) is 0 Å². The summed E-state index contributed by atoms with van der Waals surface area (Å²) in [6, 6.07) is 3.11. The monoisotopic (exact) mass is 237 g/mol. The van der Waals surface area contributed by atoms with E-state index in [-0.39, 0.29) is 23.7 Å². The second-order valence-corrected chi connectivity index (χ2v) is 3.59. The first-order valence-corrected chi connectivity index (χ1v) is 5.03. The van der Waals surface area contributed by atoms with E-state index in [1.807, 2.05) is 0 Å². The predicted molar refractivity (Wildman–Crippen MR) is 65.1 cm³/mol. The quantitative estimate of drug-likeness (QED) is 0.568. The molecule has 0 spiro atoms. The van der Waals surface area contributed by atoms with Gasteiger partial charge in [0.05, 0.1) is 12.1 Å². The van der Waals surface area contributed by atoms with E-state index in [1.54, 1.807) is 13.0 Å². The highest BCUT2D eigenvalue weighted by atomic mass is 16.4. The molecule has 5 N–H and O–H groups in total. The number of nitrogens with one attached hydrogen (secondary N) is 2. The SMILES string of the molecule is CNC(=O)CNc1cc(C)c(N)c(C(=O)O)c1. The fraction of sp³-hybridized carbons (Fsp3) is 0.273. The molecule has 0 saturated heterocycles. The van der Waals surface area contributed by atoms with Crippen molar-refractivity contribution in [2.75, 3.05) is 24.6 Å². The van der Waals surface area contributed by atoms with Crippen LogP contribution < -0.4 is 16.4 Å². The summed E-state index contributed by atoms with van der Waals surface area (Å²) < 4.78 is 0. The Bertz CT molecular complexity index is 458. The Morgan fingerprint density at radius 2 is 2.06 bits per heavy atom. The van der Waals surface area contributed by atoms with Gasteiger partial charge in [-0.2, -0.15) is 0 Å². The predicted octanol–water partition coefficient (Wildman–Crippen LogP) is 0.433. The van der Waals surface area contributed by atoms with Crippen LogP contribution in [0.4, 0.5) is 11.4 Å². The number of likely N-dealkylation sites (N-methyl/N-ethyl adjacent to an activating group) is 1. The number of aryl methyl sites for hydroxylation is 1. The third kappa shape index (κ3) is 3.10. The number of hydrogen-bond acceptors (Lipinski definition) is 4. The van der Waals surface area contributed by atoms with Crippen molar-refractivity contribution in [3.05, 3.63) is 23.3 Å². The van der Waals surface area contributed by atoms with Gasteiger partial charge in [0.2, 0.25) is 5.91 Å². The van der Waals surface area contributed by atoms with Crippen LogP contribution in [0, 0.1) is 6.92 Å². The number of amides is 1. The Morgan fingerprint density at radius 3 is 2.59 bits per heavy atom. The van der Waals surface area contributed by atoms with Crippen LogP contribution >= 0.6 is 0 Å². The lowest BCUT2D eigenvalue weighted by Gasteiger charge is -2.10. The van der Waals surface area contributed by atoms with Crippen LogP contribution in [0.2, 0.25) is 0 Å². The van der Waals surface area contributed by atoms with Gasteiger partial charge in [-0.15, -0.1) is 0 Å². The van der Waals surface area contributed by atoms with Crippen molar-refractivity contribution in [2.24, 2.45) is 0 Å². The van der Waals surface area contributed by atoms with Crippen LogP contribution in [0.5, 0.6) is 0 Å². The van der Waals surface area contributed by atoms with E-state index in [9.17, 15) is 9.59 Å². The molecule has 17 heavy (non-hydrogen) atoms. The number of anilines is 2. The Kier molecular flexibility index (Phi) is 3.92. The molecule has 0 atom stereocenters. The van der Waals surface area contributed by atoms with E-state index in [4.69, 9.17) is 10.8 Å². The van der Waals surface area contributed by atoms with Gasteiger partial charge >= 0.3 is 5.97 Å². The average Bonchev–Trinajstić information content (AvgIpc) is 2.29. The van der Waals surface area contributed by atoms with E-state index in [2.05, 4.69) is 10.6 Å². The summed E-state index contributed by atoms with van der Waals surface area (Å²) >= 11 is 0. The van der Waals surface area contributed by atoms with Crippen LogP contribution in [0.15, 0.2) is 12.1 Å². The number of aromatic carboxylic acids is 1. The van der Waals surface area contributed by atoms with E-state index >= 15 is 0 Å². The molecular weight excluding hydrogens is 222 g/mol. The number of carboxylic acid groups (broad SMARTS) is 1. The van der Waals surface area contributed by atoms with Gasteiger partial charge in [0.1, 0.15) is 0 Å². The minimum absolute atomic E-state index is 0.0319. The molecule has 1 rings (SSSR count). The minimum atomic E-state index is -1.09. The molecule has 0 bridgehead atoms. The van der Waals surface area contributed by atoms with Crippen LogP contribution in [0.3, 0.4) is 0 Å². The minimum Gasteiger partial charge on any atom is -0.478 e. The standard InChI is InChI=1S/C11H15N3O3/c1-6-3-7(14-5-9(15)13-2)4-8(10(6)12)11(16)17/h3-4,14H,5,12H2,1-2H3,(H,13,15)(H,16,17). The Balaban J connectivity index is 2.95. The average molecular weight is 237 g/mol. The van der Waals surface area contributed by atoms with Crippen molar-refractivity contribution >= 4 is 23.3 Å². The third-order valence-corrected chi connectivity index (χ3v) is 2.35. The van der Waals surface area contributed by atoms with Gasteiger partial charge in [-0.05, 0) is 24.6 Å². The number of rotatable bonds is 4. The maximum Gasteiger partial charge on any atom is 0.337 e. The lowest BCUT2D eigenvalue weighted by molar-refractivity contribution is -0.118. The number of carbonyl (C=O) groups is 2. The molecule has 92 valence electrons. The van der Waals surface area contributed by atoms with Crippen LogP contribution in [-0.2, 0) is 4.79 Å². The molecule has 0 radical (unpaired) electrons. The smallest absolute Gasteiger partial charge is 0.337 e.